The third-order valence-corrected chi connectivity index (χ3v) is 6.09. The van der Waals surface area contributed by atoms with Crippen LogP contribution in [0.15, 0.2) is 35.4 Å². The molecule has 0 unspecified atom stereocenters. The minimum Gasteiger partial charge on any atom is -0.494 e. The number of hydrogen-bond acceptors (Lipinski definition) is 7. The number of rotatable bonds is 9. The van der Waals surface area contributed by atoms with E-state index in [2.05, 4.69) is 26.5 Å². The van der Waals surface area contributed by atoms with Gasteiger partial charge in [-0.15, -0.1) is 0 Å². The van der Waals surface area contributed by atoms with Crippen molar-refractivity contribution in [1.29, 1.82) is 0 Å². The summed E-state index contributed by atoms with van der Waals surface area (Å²) in [6.45, 7) is 4.55. The molecule has 2 heterocycles. The highest BCUT2D eigenvalue weighted by atomic mass is 32.2. The summed E-state index contributed by atoms with van der Waals surface area (Å²) in [5.74, 6) is 1.82. The molecule has 0 saturated carbocycles. The summed E-state index contributed by atoms with van der Waals surface area (Å²) in [7, 11) is -0.110. The SMILES string of the molecule is CCCCOc1ccc(S(=O)(=O)Nc2cnc(N3CCCC3)nc2N(C)C)cc1. The molecule has 0 aliphatic carbocycles. The average Bonchev–Trinajstić information content (AvgIpc) is 3.23. The molecule has 1 saturated heterocycles. The molecule has 3 rings (SSSR count). The van der Waals surface area contributed by atoms with Crippen LogP contribution in [-0.4, -0.2) is 52.2 Å². The Balaban J connectivity index is 1.78. The number of nitrogens with zero attached hydrogens (tertiary/aromatic N) is 4. The van der Waals surface area contributed by atoms with Crippen molar-refractivity contribution in [3.05, 3.63) is 30.5 Å². The Labute approximate surface area is 173 Å². The highest BCUT2D eigenvalue weighted by Crippen LogP contribution is 2.28. The molecule has 0 amide bonds. The molecule has 0 bridgehead atoms. The van der Waals surface area contributed by atoms with E-state index in [0.717, 1.165) is 38.8 Å². The molecule has 158 valence electrons. The molecule has 2 aromatic rings. The molecule has 0 atom stereocenters. The van der Waals surface area contributed by atoms with Crippen LogP contribution in [0.2, 0.25) is 0 Å². The molecule has 1 N–H and O–H groups in total. The highest BCUT2D eigenvalue weighted by molar-refractivity contribution is 7.92. The number of hydrogen-bond donors (Lipinski definition) is 1. The lowest BCUT2D eigenvalue weighted by molar-refractivity contribution is 0.309. The Morgan fingerprint density at radius 1 is 1.17 bits per heavy atom. The van der Waals surface area contributed by atoms with E-state index in [9.17, 15) is 8.42 Å². The molecule has 1 aliphatic rings. The predicted molar refractivity (Wildman–Crippen MR) is 115 cm³/mol. The van der Waals surface area contributed by atoms with Gasteiger partial charge in [-0.1, -0.05) is 13.3 Å². The van der Waals surface area contributed by atoms with Crippen molar-refractivity contribution in [3.8, 4) is 5.75 Å². The lowest BCUT2D eigenvalue weighted by Gasteiger charge is -2.21. The highest BCUT2D eigenvalue weighted by Gasteiger charge is 2.21. The van der Waals surface area contributed by atoms with E-state index in [-0.39, 0.29) is 4.90 Å². The first-order valence-electron chi connectivity index (χ1n) is 9.95. The van der Waals surface area contributed by atoms with Gasteiger partial charge >= 0.3 is 0 Å². The maximum atomic E-state index is 12.9. The van der Waals surface area contributed by atoms with Crippen LogP contribution >= 0.6 is 0 Å². The molecular formula is C20H29N5O3S. The van der Waals surface area contributed by atoms with Gasteiger partial charge in [0.2, 0.25) is 5.95 Å². The zero-order valence-electron chi connectivity index (χ0n) is 17.3. The normalized spacial score (nSPS) is 14.1. The van der Waals surface area contributed by atoms with Gasteiger partial charge in [-0.25, -0.2) is 13.4 Å². The standard InChI is InChI=1S/C20H29N5O3S/c1-4-5-14-28-16-8-10-17(11-9-16)29(26,27)23-18-15-21-20(22-19(18)24(2)3)25-12-6-7-13-25/h8-11,15,23H,4-7,12-14H2,1-3H3. The van der Waals surface area contributed by atoms with Gasteiger partial charge in [0.15, 0.2) is 5.82 Å². The predicted octanol–water partition coefficient (Wildman–Crippen LogP) is 3.12. The average molecular weight is 420 g/mol. The van der Waals surface area contributed by atoms with Gasteiger partial charge in [0, 0.05) is 27.2 Å². The minimum absolute atomic E-state index is 0.161. The molecule has 29 heavy (non-hydrogen) atoms. The van der Waals surface area contributed by atoms with E-state index in [0.29, 0.717) is 29.8 Å². The summed E-state index contributed by atoms with van der Waals surface area (Å²) in [5, 5.41) is 0. The summed E-state index contributed by atoms with van der Waals surface area (Å²) in [6, 6.07) is 6.42. The fraction of sp³-hybridized carbons (Fsp3) is 0.500. The molecule has 1 fully saturated rings. The molecular weight excluding hydrogens is 390 g/mol. The van der Waals surface area contributed by atoms with Crippen LogP contribution in [0.4, 0.5) is 17.5 Å². The van der Waals surface area contributed by atoms with Crippen LogP contribution in [0.25, 0.3) is 0 Å². The number of benzene rings is 1. The van der Waals surface area contributed by atoms with Crippen LogP contribution in [0.3, 0.4) is 0 Å². The van der Waals surface area contributed by atoms with Crippen LogP contribution in [0, 0.1) is 0 Å². The first-order valence-corrected chi connectivity index (χ1v) is 11.4. The topological polar surface area (TPSA) is 87.7 Å². The number of ether oxygens (including phenoxy) is 1. The number of anilines is 3. The molecule has 9 heteroatoms. The van der Waals surface area contributed by atoms with Crippen LogP contribution < -0.4 is 19.3 Å². The van der Waals surface area contributed by atoms with Crippen molar-refractivity contribution in [2.24, 2.45) is 0 Å². The number of unbranched alkanes of at least 4 members (excludes halogenated alkanes) is 1. The van der Waals surface area contributed by atoms with E-state index >= 15 is 0 Å². The Morgan fingerprint density at radius 3 is 2.48 bits per heavy atom. The zero-order valence-corrected chi connectivity index (χ0v) is 18.1. The van der Waals surface area contributed by atoms with Crippen molar-refractivity contribution in [2.45, 2.75) is 37.5 Å². The summed E-state index contributed by atoms with van der Waals surface area (Å²) < 4.78 is 33.9. The summed E-state index contributed by atoms with van der Waals surface area (Å²) >= 11 is 0. The van der Waals surface area contributed by atoms with Crippen molar-refractivity contribution in [2.75, 3.05) is 48.3 Å². The van der Waals surface area contributed by atoms with Gasteiger partial charge in [-0.3, -0.25) is 4.72 Å². The van der Waals surface area contributed by atoms with Gasteiger partial charge in [-0.2, -0.15) is 4.98 Å². The lowest BCUT2D eigenvalue weighted by atomic mass is 10.3. The first-order chi connectivity index (χ1) is 13.9. The van der Waals surface area contributed by atoms with E-state index in [4.69, 9.17) is 4.74 Å². The van der Waals surface area contributed by atoms with E-state index in [1.807, 2.05) is 14.1 Å². The largest absolute Gasteiger partial charge is 0.494 e. The minimum atomic E-state index is -3.77. The maximum absolute atomic E-state index is 12.9. The third-order valence-electron chi connectivity index (χ3n) is 4.71. The molecule has 1 aliphatic heterocycles. The van der Waals surface area contributed by atoms with Crippen molar-refractivity contribution >= 4 is 27.5 Å². The third kappa shape index (κ3) is 5.29. The zero-order chi connectivity index (χ0) is 20.9. The number of nitrogens with one attached hydrogen (secondary N) is 1. The molecule has 1 aromatic carbocycles. The van der Waals surface area contributed by atoms with Crippen LogP contribution in [-0.2, 0) is 10.0 Å². The smallest absolute Gasteiger partial charge is 0.262 e. The van der Waals surface area contributed by atoms with Gasteiger partial charge in [0.25, 0.3) is 10.0 Å². The van der Waals surface area contributed by atoms with Gasteiger partial charge in [-0.05, 0) is 43.5 Å². The van der Waals surface area contributed by atoms with E-state index in [1.165, 1.54) is 6.20 Å². The monoisotopic (exact) mass is 419 g/mol. The van der Waals surface area contributed by atoms with Crippen molar-refractivity contribution in [1.82, 2.24) is 9.97 Å². The maximum Gasteiger partial charge on any atom is 0.262 e. The quantitative estimate of drug-likeness (QED) is 0.625. The lowest BCUT2D eigenvalue weighted by Crippen LogP contribution is -2.24. The second-order valence-corrected chi connectivity index (χ2v) is 8.96. The first kappa shape index (κ1) is 21.2. The van der Waals surface area contributed by atoms with Crippen molar-refractivity contribution < 1.29 is 13.2 Å². The second-order valence-electron chi connectivity index (χ2n) is 7.27. The van der Waals surface area contributed by atoms with Gasteiger partial charge in [0.05, 0.1) is 17.7 Å². The summed E-state index contributed by atoms with van der Waals surface area (Å²) in [6.07, 6.45) is 5.78. The summed E-state index contributed by atoms with van der Waals surface area (Å²) in [5.41, 5.74) is 0.348. The molecule has 1 aromatic heterocycles. The molecule has 0 radical (unpaired) electrons. The van der Waals surface area contributed by atoms with Gasteiger partial charge < -0.3 is 14.5 Å². The van der Waals surface area contributed by atoms with E-state index < -0.39 is 10.0 Å². The Bertz CT molecular complexity index is 910. The van der Waals surface area contributed by atoms with Crippen LogP contribution in [0.1, 0.15) is 32.6 Å². The second kappa shape index (κ2) is 9.30. The summed E-state index contributed by atoms with van der Waals surface area (Å²) in [4.78, 5) is 13.0. The van der Waals surface area contributed by atoms with Crippen LogP contribution in [0.5, 0.6) is 5.75 Å². The Hall–Kier alpha value is -2.55. The Kier molecular flexibility index (Phi) is 6.79. The molecule has 0 spiro atoms. The fourth-order valence-corrected chi connectivity index (χ4v) is 4.15. The fourth-order valence-electron chi connectivity index (χ4n) is 3.10. The Morgan fingerprint density at radius 2 is 1.86 bits per heavy atom. The molecule has 8 nitrogen and oxygen atoms in total. The van der Waals surface area contributed by atoms with Crippen molar-refractivity contribution in [3.63, 3.8) is 0 Å². The number of sulfonamides is 1. The number of aromatic nitrogens is 2. The van der Waals surface area contributed by atoms with E-state index in [1.54, 1.807) is 29.2 Å². The van der Waals surface area contributed by atoms with Gasteiger partial charge in [0.1, 0.15) is 11.4 Å².